The topological polar surface area (TPSA) is 115 Å². The molecule has 0 spiro atoms. The molecule has 4 N–H and O–H groups in total. The smallest absolute Gasteiger partial charge is 0.294 e. The number of halogens is 2. The third-order valence-electron chi connectivity index (χ3n) is 7.31. The maximum Gasteiger partial charge on any atom is 0.294 e. The van der Waals surface area contributed by atoms with E-state index in [-0.39, 0.29) is 48.0 Å². The number of pyridine rings is 1. The average Bonchev–Trinajstić information content (AvgIpc) is 3.36. The summed E-state index contributed by atoms with van der Waals surface area (Å²) in [7, 11) is 0. The molecule has 4 heterocycles. The molecule has 208 valence electrons. The maximum atomic E-state index is 13.5. The van der Waals surface area contributed by atoms with Gasteiger partial charge < -0.3 is 16.4 Å². The minimum atomic E-state index is -0.573. The number of carbonyl (C=O) groups is 1. The lowest BCUT2D eigenvalue weighted by molar-refractivity contribution is -0.124. The maximum absolute atomic E-state index is 13.5. The van der Waals surface area contributed by atoms with Crippen LogP contribution in [0.2, 0.25) is 0 Å². The molecular formula is C29H30Cl2N6O2S. The van der Waals surface area contributed by atoms with Gasteiger partial charge in [0.2, 0.25) is 5.91 Å². The number of nitrogen functional groups attached to an aromatic ring is 1. The highest BCUT2D eigenvalue weighted by Crippen LogP contribution is 2.45. The Balaban J connectivity index is 0.00000185. The molecule has 40 heavy (non-hydrogen) atoms. The van der Waals surface area contributed by atoms with E-state index in [4.69, 9.17) is 5.73 Å². The normalized spacial score (nSPS) is 15.1. The van der Waals surface area contributed by atoms with Gasteiger partial charge in [-0.05, 0) is 54.7 Å². The number of carbonyl (C=O) groups excluding carboxylic acids is 1. The van der Waals surface area contributed by atoms with Crippen molar-refractivity contribution in [1.82, 2.24) is 19.9 Å². The second-order valence-electron chi connectivity index (χ2n) is 9.64. The molecule has 0 radical (unpaired) electrons. The molecule has 2 aliphatic heterocycles. The van der Waals surface area contributed by atoms with Crippen molar-refractivity contribution in [2.75, 3.05) is 17.6 Å². The van der Waals surface area contributed by atoms with Gasteiger partial charge in [0.1, 0.15) is 11.9 Å². The molecule has 2 aliphatic rings. The van der Waals surface area contributed by atoms with E-state index in [0.717, 1.165) is 17.0 Å². The molecule has 6 rings (SSSR count). The lowest BCUT2D eigenvalue weighted by atomic mass is 9.90. The monoisotopic (exact) mass is 596 g/mol. The van der Waals surface area contributed by atoms with Gasteiger partial charge >= 0.3 is 0 Å². The van der Waals surface area contributed by atoms with Crippen LogP contribution in [0.4, 0.5) is 11.6 Å². The highest BCUT2D eigenvalue weighted by atomic mass is 35.5. The largest absolute Gasteiger partial charge is 0.384 e. The molecule has 2 aromatic carbocycles. The summed E-state index contributed by atoms with van der Waals surface area (Å²) in [5.41, 5.74) is 10.4. The first-order chi connectivity index (χ1) is 18.5. The van der Waals surface area contributed by atoms with Gasteiger partial charge in [-0.25, -0.2) is 9.97 Å². The van der Waals surface area contributed by atoms with Crippen molar-refractivity contribution < 1.29 is 4.79 Å². The van der Waals surface area contributed by atoms with Crippen molar-refractivity contribution in [3.8, 4) is 0 Å². The molecule has 0 saturated carbocycles. The molecule has 0 unspecified atom stereocenters. The van der Waals surface area contributed by atoms with Crippen LogP contribution >= 0.6 is 36.6 Å². The van der Waals surface area contributed by atoms with Crippen LogP contribution in [0, 0.1) is 6.92 Å². The average molecular weight is 598 g/mol. The van der Waals surface area contributed by atoms with Crippen molar-refractivity contribution in [1.29, 1.82) is 0 Å². The zero-order valence-electron chi connectivity index (χ0n) is 21.8. The number of hydrogen-bond donors (Lipinski definition) is 3. The lowest BCUT2D eigenvalue weighted by Gasteiger charge is -2.28. The van der Waals surface area contributed by atoms with Crippen molar-refractivity contribution in [2.24, 2.45) is 0 Å². The SMILES string of the molecule is Cc1nc(N)ccc1CNC(=O)[C@@H]1CCc2cnc(NCC3c4ccccc4Sc4ccccc43)c(=O)n21.Cl.Cl. The van der Waals surface area contributed by atoms with Crippen molar-refractivity contribution >= 4 is 54.1 Å². The van der Waals surface area contributed by atoms with E-state index in [9.17, 15) is 9.59 Å². The summed E-state index contributed by atoms with van der Waals surface area (Å²) in [6.07, 6.45) is 2.90. The lowest BCUT2D eigenvalue weighted by Crippen LogP contribution is -2.36. The summed E-state index contributed by atoms with van der Waals surface area (Å²) in [6.45, 7) is 2.71. The first kappa shape index (κ1) is 29.5. The van der Waals surface area contributed by atoms with Gasteiger partial charge in [0.25, 0.3) is 5.56 Å². The predicted molar refractivity (Wildman–Crippen MR) is 163 cm³/mol. The summed E-state index contributed by atoms with van der Waals surface area (Å²) >= 11 is 1.77. The number of amides is 1. The van der Waals surface area contributed by atoms with E-state index in [2.05, 4.69) is 57.0 Å². The van der Waals surface area contributed by atoms with E-state index in [0.29, 0.717) is 31.7 Å². The second kappa shape index (κ2) is 12.3. The number of benzene rings is 2. The van der Waals surface area contributed by atoms with E-state index in [1.54, 1.807) is 28.6 Å². The van der Waals surface area contributed by atoms with Crippen LogP contribution in [0.5, 0.6) is 0 Å². The van der Waals surface area contributed by atoms with Gasteiger partial charge in [0.15, 0.2) is 5.82 Å². The van der Waals surface area contributed by atoms with Gasteiger partial charge in [-0.15, -0.1) is 24.8 Å². The molecule has 4 aromatic rings. The Kier molecular flexibility index (Phi) is 9.08. The Hall–Kier alpha value is -3.53. The van der Waals surface area contributed by atoms with Crippen LogP contribution < -0.4 is 21.9 Å². The Labute approximate surface area is 249 Å². The van der Waals surface area contributed by atoms with E-state index in [1.807, 2.05) is 25.1 Å². The van der Waals surface area contributed by atoms with Gasteiger partial charge in [0, 0.05) is 46.4 Å². The molecular weight excluding hydrogens is 567 g/mol. The first-order valence-electron chi connectivity index (χ1n) is 12.7. The zero-order valence-corrected chi connectivity index (χ0v) is 24.2. The fourth-order valence-corrected chi connectivity index (χ4v) is 6.52. The third kappa shape index (κ3) is 5.54. The number of aromatic nitrogens is 3. The predicted octanol–water partition coefficient (Wildman–Crippen LogP) is 4.88. The van der Waals surface area contributed by atoms with Crippen LogP contribution in [0.25, 0.3) is 0 Å². The molecule has 1 atom stereocenters. The van der Waals surface area contributed by atoms with Gasteiger partial charge in [0.05, 0.1) is 0 Å². The van der Waals surface area contributed by atoms with Crippen LogP contribution in [0.15, 0.2) is 81.4 Å². The minimum absolute atomic E-state index is 0. The van der Waals surface area contributed by atoms with Gasteiger partial charge in [-0.3, -0.25) is 14.2 Å². The summed E-state index contributed by atoms with van der Waals surface area (Å²) in [5.74, 6) is 0.603. The van der Waals surface area contributed by atoms with Crippen molar-refractivity contribution in [3.05, 3.63) is 105 Å². The highest BCUT2D eigenvalue weighted by Gasteiger charge is 2.31. The highest BCUT2D eigenvalue weighted by molar-refractivity contribution is 7.99. The summed E-state index contributed by atoms with van der Waals surface area (Å²) in [5, 5.41) is 6.29. The number of fused-ring (bicyclic) bond motifs is 3. The summed E-state index contributed by atoms with van der Waals surface area (Å²) < 4.78 is 1.59. The van der Waals surface area contributed by atoms with E-state index >= 15 is 0 Å². The number of nitrogens with one attached hydrogen (secondary N) is 2. The molecule has 0 fully saturated rings. The number of aryl methyl sites for hydroxylation is 2. The molecule has 0 aliphatic carbocycles. The number of anilines is 2. The molecule has 2 aromatic heterocycles. The van der Waals surface area contributed by atoms with Gasteiger partial charge in [-0.2, -0.15) is 0 Å². The number of nitrogens with zero attached hydrogens (tertiary/aromatic N) is 3. The number of rotatable bonds is 6. The zero-order chi connectivity index (χ0) is 26.2. The molecule has 0 bridgehead atoms. The fraction of sp³-hybridized carbons (Fsp3) is 0.241. The minimum Gasteiger partial charge on any atom is -0.384 e. The Morgan fingerprint density at radius 3 is 2.40 bits per heavy atom. The quantitative estimate of drug-likeness (QED) is 0.290. The Bertz CT molecular complexity index is 1570. The van der Waals surface area contributed by atoms with Crippen molar-refractivity contribution in [3.63, 3.8) is 0 Å². The third-order valence-corrected chi connectivity index (χ3v) is 8.50. The van der Waals surface area contributed by atoms with E-state index in [1.165, 1.54) is 20.9 Å². The standard InChI is InChI=1S/C29H28N6O2S.2ClH/c1-17-18(10-13-26(30)34-17)14-33-28(36)23-12-11-19-15-31-27(29(37)35(19)23)32-16-22-20-6-2-4-8-24(20)38-25-9-5-3-7-21(22)25;;/h2-10,13,15,22-23H,11-12,14,16H2,1H3,(H2,30,34)(H,31,32)(H,33,36);2*1H/t23-;;/m0../s1. The Morgan fingerprint density at radius 1 is 1.05 bits per heavy atom. The molecule has 8 nitrogen and oxygen atoms in total. The molecule has 0 saturated heterocycles. The molecule has 1 amide bonds. The number of hydrogen-bond acceptors (Lipinski definition) is 7. The molecule has 11 heteroatoms. The number of nitrogens with two attached hydrogens (primary N) is 1. The second-order valence-corrected chi connectivity index (χ2v) is 10.7. The van der Waals surface area contributed by atoms with Crippen molar-refractivity contribution in [2.45, 2.75) is 48.1 Å². The van der Waals surface area contributed by atoms with Gasteiger partial charge in [-0.1, -0.05) is 54.2 Å². The van der Waals surface area contributed by atoms with E-state index < -0.39 is 6.04 Å². The van der Waals surface area contributed by atoms with Crippen LogP contribution in [0.3, 0.4) is 0 Å². The van der Waals surface area contributed by atoms with Crippen LogP contribution in [0.1, 0.15) is 46.5 Å². The first-order valence-corrected chi connectivity index (χ1v) is 13.5. The van der Waals surface area contributed by atoms with Crippen LogP contribution in [-0.4, -0.2) is 27.0 Å². The summed E-state index contributed by atoms with van der Waals surface area (Å²) in [6, 6.07) is 19.8. The fourth-order valence-electron chi connectivity index (χ4n) is 5.33. The van der Waals surface area contributed by atoms with Crippen LogP contribution in [-0.2, 0) is 17.8 Å². The Morgan fingerprint density at radius 2 is 1.73 bits per heavy atom. The summed E-state index contributed by atoms with van der Waals surface area (Å²) in [4.78, 5) is 37.8.